The topological polar surface area (TPSA) is 65.1 Å². The number of amides is 1. The fourth-order valence-electron chi connectivity index (χ4n) is 3.45. The highest BCUT2D eigenvalue weighted by Gasteiger charge is 2.35. The van der Waals surface area contributed by atoms with Gasteiger partial charge in [0.05, 0.1) is 12.1 Å². The summed E-state index contributed by atoms with van der Waals surface area (Å²) >= 11 is 0. The Kier molecular flexibility index (Phi) is 4.71. The summed E-state index contributed by atoms with van der Waals surface area (Å²) in [6.45, 7) is 3.14. The van der Waals surface area contributed by atoms with E-state index in [4.69, 9.17) is 14.2 Å². The summed E-state index contributed by atoms with van der Waals surface area (Å²) in [6.07, 6.45) is -0.679. The van der Waals surface area contributed by atoms with E-state index in [1.165, 1.54) is 0 Å². The lowest BCUT2D eigenvalue weighted by Gasteiger charge is -2.33. The number of benzene rings is 2. The lowest BCUT2D eigenvalue weighted by atomic mass is 9.98. The van der Waals surface area contributed by atoms with Gasteiger partial charge < -0.3 is 19.1 Å². The van der Waals surface area contributed by atoms with Gasteiger partial charge in [0.1, 0.15) is 6.61 Å². The molecule has 0 saturated heterocycles. The van der Waals surface area contributed by atoms with Crippen molar-refractivity contribution in [1.82, 2.24) is 4.90 Å². The van der Waals surface area contributed by atoms with Crippen molar-refractivity contribution < 1.29 is 23.8 Å². The first-order valence-electron chi connectivity index (χ1n) is 9.12. The van der Waals surface area contributed by atoms with Crippen LogP contribution < -0.4 is 9.47 Å². The van der Waals surface area contributed by atoms with Crippen LogP contribution in [0.5, 0.6) is 11.5 Å². The summed E-state index contributed by atoms with van der Waals surface area (Å²) in [4.78, 5) is 26.8. The second kappa shape index (κ2) is 7.31. The van der Waals surface area contributed by atoms with Crippen molar-refractivity contribution in [2.45, 2.75) is 25.6 Å². The first-order chi connectivity index (χ1) is 13.2. The molecule has 2 aliphatic rings. The van der Waals surface area contributed by atoms with E-state index < -0.39 is 12.1 Å². The summed E-state index contributed by atoms with van der Waals surface area (Å²) in [7, 11) is 0. The van der Waals surface area contributed by atoms with Crippen LogP contribution >= 0.6 is 0 Å². The Morgan fingerprint density at radius 1 is 1.07 bits per heavy atom. The van der Waals surface area contributed by atoms with Crippen molar-refractivity contribution >= 4 is 11.9 Å². The van der Waals surface area contributed by atoms with Gasteiger partial charge >= 0.3 is 5.97 Å². The molecule has 0 unspecified atom stereocenters. The zero-order valence-electron chi connectivity index (χ0n) is 15.1. The lowest BCUT2D eigenvalue weighted by Crippen LogP contribution is -2.49. The minimum absolute atomic E-state index is 0.206. The molecule has 4 rings (SSSR count). The molecule has 1 amide bonds. The highest BCUT2D eigenvalue weighted by atomic mass is 16.6. The van der Waals surface area contributed by atoms with Crippen LogP contribution in [0.15, 0.2) is 48.5 Å². The summed E-state index contributed by atoms with van der Waals surface area (Å²) in [6, 6.07) is 14.7. The molecule has 0 bridgehead atoms. The average molecular weight is 367 g/mol. The van der Waals surface area contributed by atoms with Crippen LogP contribution in [0.1, 0.15) is 22.8 Å². The number of hydrogen-bond acceptors (Lipinski definition) is 5. The number of para-hydroxylation sites is 2. The van der Waals surface area contributed by atoms with E-state index in [9.17, 15) is 9.59 Å². The first-order valence-corrected chi connectivity index (χ1v) is 9.12. The molecule has 0 saturated carbocycles. The minimum atomic E-state index is -0.802. The number of nitrogens with zero attached hydrogens (tertiary/aromatic N) is 1. The number of rotatable bonds is 4. The van der Waals surface area contributed by atoms with Gasteiger partial charge in [0.25, 0.3) is 5.91 Å². The third-order valence-corrected chi connectivity index (χ3v) is 4.85. The maximum atomic E-state index is 13.0. The highest BCUT2D eigenvalue weighted by Crippen LogP contribution is 2.31. The Hall–Kier alpha value is -3.02. The molecule has 0 radical (unpaired) electrons. The highest BCUT2D eigenvalue weighted by molar-refractivity contribution is 5.95. The van der Waals surface area contributed by atoms with Crippen molar-refractivity contribution in [1.29, 1.82) is 0 Å². The molecule has 0 spiro atoms. The largest absolute Gasteiger partial charge is 0.486 e. The van der Waals surface area contributed by atoms with E-state index in [-0.39, 0.29) is 12.0 Å². The molecule has 140 valence electrons. The normalized spacial score (nSPS) is 20.4. The molecular weight excluding hydrogens is 346 g/mol. The summed E-state index contributed by atoms with van der Waals surface area (Å²) in [5.41, 5.74) is 1.37. The van der Waals surface area contributed by atoms with Gasteiger partial charge in [0.15, 0.2) is 23.7 Å². The van der Waals surface area contributed by atoms with Crippen LogP contribution in [0, 0.1) is 0 Å². The van der Waals surface area contributed by atoms with E-state index in [2.05, 4.69) is 0 Å². The molecule has 0 fully saturated rings. The number of likely N-dealkylation sites (N-methyl/N-ethyl adjacent to an activating group) is 1. The van der Waals surface area contributed by atoms with Crippen molar-refractivity contribution in [3.05, 3.63) is 59.7 Å². The fraction of sp³-hybridized carbons (Fsp3) is 0.333. The molecule has 6 heteroatoms. The number of carbonyl (C=O) groups excluding carboxylic acids is 2. The van der Waals surface area contributed by atoms with E-state index >= 15 is 0 Å². The van der Waals surface area contributed by atoms with E-state index in [1.54, 1.807) is 17.0 Å². The van der Waals surface area contributed by atoms with Crippen LogP contribution in [0.2, 0.25) is 0 Å². The number of hydrogen-bond donors (Lipinski definition) is 0. The maximum Gasteiger partial charge on any atom is 0.339 e. The zero-order valence-corrected chi connectivity index (χ0v) is 15.1. The molecule has 27 heavy (non-hydrogen) atoms. The first kappa shape index (κ1) is 17.4. The van der Waals surface area contributed by atoms with Crippen molar-refractivity contribution in [2.24, 2.45) is 0 Å². The Labute approximate surface area is 157 Å². The van der Waals surface area contributed by atoms with Crippen molar-refractivity contribution in [3.8, 4) is 11.5 Å². The standard InChI is InChI=1S/C21H21NO5/c1-2-22(12-15-13-25-17-9-5-6-10-18(17)26-15)20(23)19-11-14-7-3-4-8-16(14)21(24)27-19/h3-10,15,19H,2,11-13H2,1H3/t15-,19-/m0/s1. The molecule has 2 heterocycles. The molecule has 2 aromatic carbocycles. The second-order valence-electron chi connectivity index (χ2n) is 6.63. The Morgan fingerprint density at radius 2 is 1.81 bits per heavy atom. The second-order valence-corrected chi connectivity index (χ2v) is 6.63. The zero-order chi connectivity index (χ0) is 18.8. The van der Waals surface area contributed by atoms with Gasteiger partial charge in [-0.3, -0.25) is 4.79 Å². The predicted molar refractivity (Wildman–Crippen MR) is 98.0 cm³/mol. The average Bonchev–Trinajstić information content (AvgIpc) is 2.71. The van der Waals surface area contributed by atoms with Crippen molar-refractivity contribution in [2.75, 3.05) is 19.7 Å². The fourth-order valence-corrected chi connectivity index (χ4v) is 3.45. The van der Waals surface area contributed by atoms with Crippen LogP contribution in [0.25, 0.3) is 0 Å². The smallest absolute Gasteiger partial charge is 0.339 e. The lowest BCUT2D eigenvalue weighted by molar-refractivity contribution is -0.142. The third kappa shape index (κ3) is 3.47. The van der Waals surface area contributed by atoms with E-state index in [0.717, 1.165) is 5.56 Å². The number of ether oxygens (including phenoxy) is 3. The Morgan fingerprint density at radius 3 is 2.63 bits per heavy atom. The Bertz CT molecular complexity index is 865. The number of esters is 1. The van der Waals surface area contributed by atoms with Gasteiger partial charge in [-0.1, -0.05) is 30.3 Å². The van der Waals surface area contributed by atoms with Gasteiger partial charge in [-0.15, -0.1) is 0 Å². The van der Waals surface area contributed by atoms with E-state index in [0.29, 0.717) is 43.2 Å². The minimum Gasteiger partial charge on any atom is -0.486 e. The molecular formula is C21H21NO5. The van der Waals surface area contributed by atoms with Gasteiger partial charge in [0, 0.05) is 13.0 Å². The van der Waals surface area contributed by atoms with Crippen LogP contribution in [0.3, 0.4) is 0 Å². The molecule has 2 aliphatic heterocycles. The maximum absolute atomic E-state index is 13.0. The molecule has 2 aromatic rings. The Balaban J connectivity index is 1.44. The molecule has 0 aromatic heterocycles. The number of fused-ring (bicyclic) bond motifs is 2. The number of carbonyl (C=O) groups is 2. The van der Waals surface area contributed by atoms with Gasteiger partial charge in [-0.25, -0.2) is 4.79 Å². The summed E-state index contributed by atoms with van der Waals surface area (Å²) < 4.78 is 17.1. The van der Waals surface area contributed by atoms with Crippen LogP contribution in [-0.4, -0.2) is 48.7 Å². The van der Waals surface area contributed by atoms with Gasteiger partial charge in [0.2, 0.25) is 0 Å². The van der Waals surface area contributed by atoms with E-state index in [1.807, 2.05) is 43.3 Å². The predicted octanol–water partition coefficient (Wildman–Crippen LogP) is 2.46. The molecule has 6 nitrogen and oxygen atoms in total. The molecule has 2 atom stereocenters. The quantitative estimate of drug-likeness (QED) is 0.777. The van der Waals surface area contributed by atoms with Crippen molar-refractivity contribution in [3.63, 3.8) is 0 Å². The van der Waals surface area contributed by atoms with Gasteiger partial charge in [-0.2, -0.15) is 0 Å². The number of cyclic esters (lactones) is 1. The van der Waals surface area contributed by atoms with Crippen LogP contribution in [-0.2, 0) is 16.0 Å². The summed E-state index contributed by atoms with van der Waals surface area (Å²) in [5.74, 6) is 0.733. The summed E-state index contributed by atoms with van der Waals surface area (Å²) in [5, 5.41) is 0. The third-order valence-electron chi connectivity index (χ3n) is 4.85. The molecule has 0 N–H and O–H groups in total. The molecule has 0 aliphatic carbocycles. The SMILES string of the molecule is CCN(C[C@H]1COc2ccccc2O1)C(=O)[C@@H]1Cc2ccccc2C(=O)O1. The van der Waals surface area contributed by atoms with Crippen LogP contribution in [0.4, 0.5) is 0 Å². The van der Waals surface area contributed by atoms with Gasteiger partial charge in [-0.05, 0) is 30.7 Å². The monoisotopic (exact) mass is 367 g/mol.